The number of esters is 2. The van der Waals surface area contributed by atoms with Crippen LogP contribution in [0.25, 0.3) is 0 Å². The van der Waals surface area contributed by atoms with Crippen molar-refractivity contribution in [3.63, 3.8) is 0 Å². The summed E-state index contributed by atoms with van der Waals surface area (Å²) in [5.74, 6) is -0.823. The molecule has 0 radical (unpaired) electrons. The van der Waals surface area contributed by atoms with Crippen LogP contribution in [-0.2, 0) is 32.7 Å². The SMILES string of the molecule is CC/C=C\C/C=C\C/C=C\C/C=C\C/C=C\C/C=C\C/C=C\CCCCCCCCCCCCCCCC(=O)OC(COC(=O)CCCCCCCCCCCCCCCCCC/C=C\C/C=C\C/C=C\CCCCCCC)COP(=O)(O)OCCN. The van der Waals surface area contributed by atoms with Gasteiger partial charge in [-0.25, -0.2) is 4.57 Å². The molecular formula is C77H134NO8P. The third-order valence-corrected chi connectivity index (χ3v) is 16.3. The fourth-order valence-corrected chi connectivity index (χ4v) is 10.8. The van der Waals surface area contributed by atoms with Crippen LogP contribution in [0.1, 0.15) is 322 Å². The first kappa shape index (κ1) is 83.4. The number of carbonyl (C=O) groups excluding carboxylic acids is 2. The van der Waals surface area contributed by atoms with Crippen molar-refractivity contribution in [3.8, 4) is 0 Å². The molecule has 9 nitrogen and oxygen atoms in total. The topological polar surface area (TPSA) is 134 Å². The third-order valence-electron chi connectivity index (χ3n) is 15.3. The van der Waals surface area contributed by atoms with Crippen LogP contribution in [0, 0.1) is 0 Å². The van der Waals surface area contributed by atoms with Gasteiger partial charge in [-0.1, -0.05) is 322 Å². The molecule has 0 bridgehead atoms. The molecule has 87 heavy (non-hydrogen) atoms. The number of allylic oxidation sites excluding steroid dienone is 20. The molecule has 500 valence electrons. The van der Waals surface area contributed by atoms with Crippen LogP contribution in [0.4, 0.5) is 0 Å². The zero-order chi connectivity index (χ0) is 63.0. The van der Waals surface area contributed by atoms with Gasteiger partial charge >= 0.3 is 19.8 Å². The summed E-state index contributed by atoms with van der Waals surface area (Å²) in [6.07, 6.45) is 100. The minimum Gasteiger partial charge on any atom is -0.462 e. The highest BCUT2D eigenvalue weighted by Crippen LogP contribution is 2.43. The molecule has 0 aromatic heterocycles. The number of hydrogen-bond acceptors (Lipinski definition) is 8. The van der Waals surface area contributed by atoms with E-state index in [9.17, 15) is 19.0 Å². The fraction of sp³-hybridized carbons (Fsp3) is 0.714. The minimum atomic E-state index is -4.40. The van der Waals surface area contributed by atoms with Crippen molar-refractivity contribution in [1.82, 2.24) is 0 Å². The van der Waals surface area contributed by atoms with Gasteiger partial charge in [-0.05, 0) is 109 Å². The van der Waals surface area contributed by atoms with Gasteiger partial charge in [-0.3, -0.25) is 18.6 Å². The lowest BCUT2D eigenvalue weighted by Gasteiger charge is -2.19. The molecule has 0 saturated heterocycles. The fourth-order valence-electron chi connectivity index (χ4n) is 10.0. The van der Waals surface area contributed by atoms with Crippen LogP contribution in [0.2, 0.25) is 0 Å². The summed E-state index contributed by atoms with van der Waals surface area (Å²) in [5, 5.41) is 0. The van der Waals surface area contributed by atoms with Crippen LogP contribution < -0.4 is 5.73 Å². The van der Waals surface area contributed by atoms with E-state index in [4.69, 9.17) is 24.3 Å². The Hall–Kier alpha value is -3.59. The van der Waals surface area contributed by atoms with Crippen molar-refractivity contribution in [2.45, 2.75) is 328 Å². The Morgan fingerprint density at radius 2 is 0.632 bits per heavy atom. The van der Waals surface area contributed by atoms with E-state index in [2.05, 4.69) is 135 Å². The van der Waals surface area contributed by atoms with Crippen LogP contribution in [0.5, 0.6) is 0 Å². The van der Waals surface area contributed by atoms with Crippen molar-refractivity contribution >= 4 is 19.8 Å². The molecule has 0 amide bonds. The van der Waals surface area contributed by atoms with Gasteiger partial charge < -0.3 is 20.1 Å². The van der Waals surface area contributed by atoms with Crippen LogP contribution in [0.15, 0.2) is 122 Å². The molecule has 2 unspecified atom stereocenters. The van der Waals surface area contributed by atoms with Crippen LogP contribution >= 0.6 is 7.82 Å². The number of nitrogens with two attached hydrogens (primary N) is 1. The Balaban J connectivity index is 3.89. The summed E-state index contributed by atoms with van der Waals surface area (Å²) in [6.45, 7) is 3.64. The number of ether oxygens (including phenoxy) is 2. The molecule has 0 spiro atoms. The molecule has 0 aromatic carbocycles. The zero-order valence-corrected chi connectivity index (χ0v) is 57.1. The standard InChI is InChI=1S/C77H134NO8P/c1-3-5-7-9-11-13-15-17-19-21-23-25-27-29-31-33-35-36-37-38-40-42-44-46-48-50-52-54-56-58-60-62-64-66-68-70-77(80)86-75(74-85-87(81,82)84-72-71-78)73-83-76(79)69-67-65-63-61-59-57-55-53-51-49-47-45-43-41-39-34-32-30-28-26-24-22-20-18-16-14-12-10-8-6-4-2/h5,7,11,13,16-19,22-25,28-31,35-36,38,40,75H,3-4,6,8-10,12,14-15,20-21,26-27,32-34,37,39,41-74,78H2,1-2H3,(H,81,82)/b7-5-,13-11-,18-16-,19-17-,24-22-,25-23-,30-28-,31-29-,36-35-,40-38-. The molecule has 3 N–H and O–H groups in total. The molecule has 0 rings (SSSR count). The second-order valence-corrected chi connectivity index (χ2v) is 25.2. The highest BCUT2D eigenvalue weighted by Gasteiger charge is 2.26. The molecule has 0 aromatic rings. The first-order valence-electron chi connectivity index (χ1n) is 36.0. The summed E-state index contributed by atoms with van der Waals surface area (Å²) in [7, 11) is -4.40. The lowest BCUT2D eigenvalue weighted by molar-refractivity contribution is -0.161. The number of rotatable bonds is 67. The predicted molar refractivity (Wildman–Crippen MR) is 376 cm³/mol. The Bertz CT molecular complexity index is 1840. The van der Waals surface area contributed by atoms with Crippen molar-refractivity contribution in [3.05, 3.63) is 122 Å². The van der Waals surface area contributed by atoms with Gasteiger partial charge in [-0.2, -0.15) is 0 Å². The van der Waals surface area contributed by atoms with Crippen molar-refractivity contribution in [2.75, 3.05) is 26.4 Å². The molecule has 0 aliphatic heterocycles. The smallest absolute Gasteiger partial charge is 0.462 e. The first-order chi connectivity index (χ1) is 42.8. The Morgan fingerprint density at radius 3 is 0.943 bits per heavy atom. The number of unbranched alkanes of at least 4 members (excludes halogenated alkanes) is 34. The van der Waals surface area contributed by atoms with E-state index in [0.717, 1.165) is 96.3 Å². The van der Waals surface area contributed by atoms with E-state index in [1.54, 1.807) is 0 Å². The summed E-state index contributed by atoms with van der Waals surface area (Å²) >= 11 is 0. The molecule has 0 heterocycles. The number of carbonyl (C=O) groups is 2. The van der Waals surface area contributed by atoms with Crippen LogP contribution in [0.3, 0.4) is 0 Å². The van der Waals surface area contributed by atoms with Crippen molar-refractivity contribution in [1.29, 1.82) is 0 Å². The van der Waals surface area contributed by atoms with Gasteiger partial charge in [0.05, 0.1) is 13.2 Å². The largest absolute Gasteiger partial charge is 0.472 e. The molecular weight excluding hydrogens is 1100 g/mol. The van der Waals surface area contributed by atoms with Gasteiger partial charge in [0, 0.05) is 19.4 Å². The molecule has 2 atom stereocenters. The van der Waals surface area contributed by atoms with E-state index in [-0.39, 0.29) is 38.6 Å². The lowest BCUT2D eigenvalue weighted by atomic mass is 10.0. The van der Waals surface area contributed by atoms with Gasteiger partial charge in [0.1, 0.15) is 6.61 Å². The van der Waals surface area contributed by atoms with E-state index in [0.29, 0.717) is 6.42 Å². The van der Waals surface area contributed by atoms with Gasteiger partial charge in [0.25, 0.3) is 0 Å². The number of phosphoric ester groups is 1. The normalized spacial score (nSPS) is 13.7. The highest BCUT2D eigenvalue weighted by atomic mass is 31.2. The number of phosphoric acid groups is 1. The zero-order valence-electron chi connectivity index (χ0n) is 56.2. The monoisotopic (exact) mass is 1230 g/mol. The molecule has 0 aliphatic rings. The summed E-state index contributed by atoms with van der Waals surface area (Å²) < 4.78 is 33.2. The van der Waals surface area contributed by atoms with Crippen LogP contribution in [-0.4, -0.2) is 49.3 Å². The van der Waals surface area contributed by atoms with E-state index < -0.39 is 26.5 Å². The average molecular weight is 1230 g/mol. The van der Waals surface area contributed by atoms with E-state index >= 15 is 0 Å². The lowest BCUT2D eigenvalue weighted by Crippen LogP contribution is -2.29. The maximum Gasteiger partial charge on any atom is 0.472 e. The summed E-state index contributed by atoms with van der Waals surface area (Å²) in [4.78, 5) is 35.4. The maximum absolute atomic E-state index is 12.8. The Labute approximate surface area is 536 Å². The van der Waals surface area contributed by atoms with Gasteiger partial charge in [0.15, 0.2) is 6.10 Å². The average Bonchev–Trinajstić information content (AvgIpc) is 3.64. The second kappa shape index (κ2) is 71.5. The van der Waals surface area contributed by atoms with E-state index in [1.807, 2.05) is 0 Å². The molecule has 0 saturated carbocycles. The molecule has 10 heteroatoms. The van der Waals surface area contributed by atoms with Crippen molar-refractivity contribution in [2.24, 2.45) is 5.73 Å². The number of hydrogen-bond donors (Lipinski definition) is 2. The highest BCUT2D eigenvalue weighted by molar-refractivity contribution is 7.47. The maximum atomic E-state index is 12.8. The Morgan fingerprint density at radius 1 is 0.356 bits per heavy atom. The summed E-state index contributed by atoms with van der Waals surface area (Å²) in [6, 6.07) is 0. The van der Waals surface area contributed by atoms with E-state index in [1.165, 1.54) is 193 Å². The summed E-state index contributed by atoms with van der Waals surface area (Å²) in [5.41, 5.74) is 5.41. The Kier molecular flexibility index (Phi) is 68.5. The third kappa shape index (κ3) is 71.4. The van der Waals surface area contributed by atoms with Gasteiger partial charge in [-0.15, -0.1) is 0 Å². The predicted octanol–water partition coefficient (Wildman–Crippen LogP) is 23.9. The molecule has 0 fully saturated rings. The second-order valence-electron chi connectivity index (χ2n) is 23.7. The first-order valence-corrected chi connectivity index (χ1v) is 37.5. The van der Waals surface area contributed by atoms with Crippen molar-refractivity contribution < 1.29 is 37.6 Å². The van der Waals surface area contributed by atoms with Gasteiger partial charge in [0.2, 0.25) is 0 Å². The quantitative estimate of drug-likeness (QED) is 0.0264. The minimum absolute atomic E-state index is 0.0496. The molecule has 0 aliphatic carbocycles.